The molecule has 1 aromatic carbocycles. The third-order valence-electron chi connectivity index (χ3n) is 3.78. The van der Waals surface area contributed by atoms with Gasteiger partial charge in [-0.2, -0.15) is 0 Å². The van der Waals surface area contributed by atoms with Gasteiger partial charge in [-0.3, -0.25) is 19.5 Å². The van der Waals surface area contributed by atoms with Crippen LogP contribution in [0.1, 0.15) is 18.4 Å². The van der Waals surface area contributed by atoms with Gasteiger partial charge in [0, 0.05) is 24.4 Å². The first-order valence-electron chi connectivity index (χ1n) is 7.07. The summed E-state index contributed by atoms with van der Waals surface area (Å²) in [5, 5.41) is 11.3. The standard InChI is InChI=1S/C16H15BrN2O3/c17-12(16(22)19-14(20)5-6-15(19)21)9-10-3-4-13-11(8-10)2-1-7-18-13/h1-4,7-8,12,16,22H,5-6,9H2. The fourth-order valence-electron chi connectivity index (χ4n) is 2.63. The summed E-state index contributed by atoms with van der Waals surface area (Å²) in [6.07, 6.45) is 1.45. The number of benzene rings is 1. The molecule has 0 bridgehead atoms. The number of carbonyl (C=O) groups is 2. The molecule has 3 rings (SSSR count). The number of halogens is 1. The Kier molecular flexibility index (Phi) is 4.22. The number of nitrogens with zero attached hydrogens (tertiary/aromatic N) is 2. The summed E-state index contributed by atoms with van der Waals surface area (Å²) in [7, 11) is 0. The fourth-order valence-corrected chi connectivity index (χ4v) is 3.24. The second-order valence-corrected chi connectivity index (χ2v) is 6.50. The van der Waals surface area contributed by atoms with Crippen LogP contribution in [-0.2, 0) is 16.0 Å². The van der Waals surface area contributed by atoms with E-state index in [-0.39, 0.29) is 24.7 Å². The van der Waals surface area contributed by atoms with Crippen LogP contribution in [0.5, 0.6) is 0 Å². The maximum Gasteiger partial charge on any atom is 0.231 e. The van der Waals surface area contributed by atoms with Gasteiger partial charge >= 0.3 is 0 Å². The molecular weight excluding hydrogens is 348 g/mol. The molecule has 1 N–H and O–H groups in total. The molecule has 0 aliphatic carbocycles. The molecule has 2 aromatic rings. The zero-order valence-electron chi connectivity index (χ0n) is 11.8. The number of pyridine rings is 1. The van der Waals surface area contributed by atoms with Gasteiger partial charge in [0.1, 0.15) is 6.23 Å². The van der Waals surface area contributed by atoms with Gasteiger partial charge in [0.25, 0.3) is 0 Å². The average Bonchev–Trinajstić information content (AvgIpc) is 2.85. The maximum atomic E-state index is 11.7. The molecule has 2 unspecified atom stereocenters. The molecule has 1 saturated heterocycles. The van der Waals surface area contributed by atoms with Crippen LogP contribution < -0.4 is 0 Å². The molecule has 1 aliphatic heterocycles. The van der Waals surface area contributed by atoms with E-state index in [1.165, 1.54) is 0 Å². The van der Waals surface area contributed by atoms with Gasteiger partial charge in [-0.15, -0.1) is 0 Å². The molecule has 0 saturated carbocycles. The van der Waals surface area contributed by atoms with Gasteiger partial charge < -0.3 is 5.11 Å². The van der Waals surface area contributed by atoms with E-state index >= 15 is 0 Å². The number of aromatic nitrogens is 1. The number of likely N-dealkylation sites (tertiary alicyclic amines) is 1. The molecule has 22 heavy (non-hydrogen) atoms. The van der Waals surface area contributed by atoms with E-state index in [9.17, 15) is 14.7 Å². The molecule has 2 heterocycles. The first-order valence-corrected chi connectivity index (χ1v) is 7.98. The Labute approximate surface area is 136 Å². The van der Waals surface area contributed by atoms with Crippen molar-refractivity contribution in [1.82, 2.24) is 9.88 Å². The van der Waals surface area contributed by atoms with E-state index in [1.807, 2.05) is 30.3 Å². The minimum atomic E-state index is -1.15. The molecule has 0 radical (unpaired) electrons. The van der Waals surface area contributed by atoms with Crippen molar-refractivity contribution in [3.05, 3.63) is 42.1 Å². The van der Waals surface area contributed by atoms with E-state index in [1.54, 1.807) is 6.20 Å². The highest BCUT2D eigenvalue weighted by Gasteiger charge is 2.37. The van der Waals surface area contributed by atoms with Crippen LogP contribution in [-0.4, -0.2) is 37.9 Å². The number of imide groups is 1. The summed E-state index contributed by atoms with van der Waals surface area (Å²) in [4.78, 5) is 28.2. The van der Waals surface area contributed by atoms with Crippen molar-refractivity contribution >= 4 is 38.6 Å². The normalized spacial score (nSPS) is 18.0. The zero-order valence-corrected chi connectivity index (χ0v) is 13.4. The van der Waals surface area contributed by atoms with E-state index in [4.69, 9.17) is 0 Å². The van der Waals surface area contributed by atoms with Crippen molar-refractivity contribution in [1.29, 1.82) is 0 Å². The molecule has 1 fully saturated rings. The number of fused-ring (bicyclic) bond motifs is 1. The predicted octanol–water partition coefficient (Wildman–Crippen LogP) is 2.01. The Morgan fingerprint density at radius 1 is 1.23 bits per heavy atom. The second-order valence-electron chi connectivity index (χ2n) is 5.32. The van der Waals surface area contributed by atoms with Gasteiger partial charge in [0.15, 0.2) is 0 Å². The number of rotatable bonds is 4. The van der Waals surface area contributed by atoms with Crippen molar-refractivity contribution in [3.63, 3.8) is 0 Å². The number of hydrogen-bond acceptors (Lipinski definition) is 4. The molecule has 0 spiro atoms. The zero-order chi connectivity index (χ0) is 15.7. The minimum absolute atomic E-state index is 0.178. The van der Waals surface area contributed by atoms with Crippen LogP contribution in [0.25, 0.3) is 10.9 Å². The van der Waals surface area contributed by atoms with Crippen molar-refractivity contribution in [2.24, 2.45) is 0 Å². The van der Waals surface area contributed by atoms with Crippen LogP contribution >= 0.6 is 15.9 Å². The highest BCUT2D eigenvalue weighted by molar-refractivity contribution is 9.09. The number of amides is 2. The van der Waals surface area contributed by atoms with Crippen molar-refractivity contribution < 1.29 is 14.7 Å². The SMILES string of the molecule is O=C1CCC(=O)N1C(O)C(Br)Cc1ccc2ncccc2c1. The molecule has 6 heteroatoms. The minimum Gasteiger partial charge on any atom is -0.372 e. The largest absolute Gasteiger partial charge is 0.372 e. The van der Waals surface area contributed by atoms with Crippen molar-refractivity contribution in [2.45, 2.75) is 30.3 Å². The van der Waals surface area contributed by atoms with Gasteiger partial charge in [0.05, 0.1) is 10.3 Å². The van der Waals surface area contributed by atoms with Gasteiger partial charge in [0.2, 0.25) is 11.8 Å². The first-order chi connectivity index (χ1) is 10.6. The molecule has 1 aromatic heterocycles. The second kappa shape index (κ2) is 6.14. The Morgan fingerprint density at radius 3 is 2.68 bits per heavy atom. The Balaban J connectivity index is 1.76. The Bertz CT molecular complexity index is 718. The Hall–Kier alpha value is -1.79. The summed E-state index contributed by atoms with van der Waals surface area (Å²) in [5.74, 6) is -0.630. The number of carbonyl (C=O) groups excluding carboxylic acids is 2. The highest BCUT2D eigenvalue weighted by Crippen LogP contribution is 2.23. The molecule has 1 aliphatic rings. The molecule has 114 valence electrons. The van der Waals surface area contributed by atoms with Crippen LogP contribution in [0.15, 0.2) is 36.5 Å². The summed E-state index contributed by atoms with van der Waals surface area (Å²) >= 11 is 3.40. The average molecular weight is 363 g/mol. The smallest absolute Gasteiger partial charge is 0.231 e. The van der Waals surface area contributed by atoms with E-state index < -0.39 is 11.1 Å². The van der Waals surface area contributed by atoms with E-state index in [0.29, 0.717) is 6.42 Å². The molecule has 2 atom stereocenters. The predicted molar refractivity (Wildman–Crippen MR) is 85.3 cm³/mol. The summed E-state index contributed by atoms with van der Waals surface area (Å²) in [6.45, 7) is 0. The summed E-state index contributed by atoms with van der Waals surface area (Å²) in [5.41, 5.74) is 1.91. The van der Waals surface area contributed by atoms with Crippen LogP contribution in [0.2, 0.25) is 0 Å². The van der Waals surface area contributed by atoms with Crippen LogP contribution in [0.4, 0.5) is 0 Å². The monoisotopic (exact) mass is 362 g/mol. The Morgan fingerprint density at radius 2 is 1.95 bits per heavy atom. The fraction of sp³-hybridized carbons (Fsp3) is 0.312. The number of alkyl halides is 1. The van der Waals surface area contributed by atoms with Crippen LogP contribution in [0, 0.1) is 0 Å². The van der Waals surface area contributed by atoms with E-state index in [0.717, 1.165) is 21.4 Å². The number of hydrogen-bond donors (Lipinski definition) is 1. The van der Waals surface area contributed by atoms with Gasteiger partial charge in [-0.05, 0) is 30.2 Å². The van der Waals surface area contributed by atoms with E-state index in [2.05, 4.69) is 20.9 Å². The lowest BCUT2D eigenvalue weighted by Crippen LogP contribution is -2.45. The maximum absolute atomic E-state index is 11.7. The lowest BCUT2D eigenvalue weighted by molar-refractivity contribution is -0.149. The third-order valence-corrected chi connectivity index (χ3v) is 4.57. The lowest BCUT2D eigenvalue weighted by Gasteiger charge is -2.25. The van der Waals surface area contributed by atoms with Crippen molar-refractivity contribution in [3.8, 4) is 0 Å². The quantitative estimate of drug-likeness (QED) is 0.667. The topological polar surface area (TPSA) is 70.5 Å². The van der Waals surface area contributed by atoms with Crippen LogP contribution in [0.3, 0.4) is 0 Å². The summed E-state index contributed by atoms with van der Waals surface area (Å²) in [6, 6.07) is 9.69. The molecular formula is C16H15BrN2O3. The summed E-state index contributed by atoms with van der Waals surface area (Å²) < 4.78 is 0. The number of aliphatic hydroxyl groups excluding tert-OH is 1. The molecule has 5 nitrogen and oxygen atoms in total. The van der Waals surface area contributed by atoms with Gasteiger partial charge in [-0.1, -0.05) is 28.1 Å². The number of aliphatic hydroxyl groups is 1. The lowest BCUT2D eigenvalue weighted by atomic mass is 10.1. The third kappa shape index (κ3) is 2.89. The molecule has 2 amide bonds. The first kappa shape index (κ1) is 15.1. The van der Waals surface area contributed by atoms with Crippen molar-refractivity contribution in [2.75, 3.05) is 0 Å². The highest BCUT2D eigenvalue weighted by atomic mass is 79.9. The van der Waals surface area contributed by atoms with Gasteiger partial charge in [-0.25, -0.2) is 0 Å².